The molecule has 0 unspecified atom stereocenters. The van der Waals surface area contributed by atoms with Gasteiger partial charge < -0.3 is 4.90 Å². The number of para-hydroxylation sites is 1. The van der Waals surface area contributed by atoms with Crippen LogP contribution in [0, 0.1) is 18.3 Å². The summed E-state index contributed by atoms with van der Waals surface area (Å²) in [6.45, 7) is 2.32. The molecule has 1 amide bonds. The van der Waals surface area contributed by atoms with Crippen LogP contribution in [0.4, 0.5) is 5.69 Å². The fraction of sp³-hybridized carbons (Fsp3) is 0.176. The van der Waals surface area contributed by atoms with Crippen molar-refractivity contribution in [1.82, 2.24) is 0 Å². The van der Waals surface area contributed by atoms with Gasteiger partial charge >= 0.3 is 0 Å². The first kappa shape index (κ1) is 15.3. The lowest BCUT2D eigenvalue weighted by molar-refractivity contribution is 0.0986. The van der Waals surface area contributed by atoms with Crippen molar-refractivity contribution in [1.29, 1.82) is 5.26 Å². The Hall–Kier alpha value is -2.12. The SMILES string of the molecule is Cc1ccc(Br)c(C(=O)N(CCC#N)c2ccccc2)c1. The molecule has 0 spiro atoms. The van der Waals surface area contributed by atoms with Crippen LogP contribution in [0.1, 0.15) is 22.3 Å². The summed E-state index contributed by atoms with van der Waals surface area (Å²) in [5, 5.41) is 8.82. The summed E-state index contributed by atoms with van der Waals surface area (Å²) in [7, 11) is 0. The third-order valence-electron chi connectivity index (χ3n) is 3.11. The molecule has 0 aromatic heterocycles. The van der Waals surface area contributed by atoms with Crippen LogP contribution in [0.3, 0.4) is 0 Å². The monoisotopic (exact) mass is 342 g/mol. The summed E-state index contributed by atoms with van der Waals surface area (Å²) in [5.74, 6) is -0.105. The second kappa shape index (κ2) is 7.05. The normalized spacial score (nSPS) is 9.95. The summed E-state index contributed by atoms with van der Waals surface area (Å²) in [6.07, 6.45) is 0.296. The summed E-state index contributed by atoms with van der Waals surface area (Å²) in [4.78, 5) is 14.5. The van der Waals surface area contributed by atoms with E-state index in [9.17, 15) is 4.79 Å². The van der Waals surface area contributed by atoms with Crippen molar-refractivity contribution in [2.75, 3.05) is 11.4 Å². The van der Waals surface area contributed by atoms with Gasteiger partial charge in [0.05, 0.1) is 18.1 Å². The van der Waals surface area contributed by atoms with Crippen molar-refractivity contribution < 1.29 is 4.79 Å². The van der Waals surface area contributed by atoms with E-state index in [1.165, 1.54) is 0 Å². The zero-order valence-corrected chi connectivity index (χ0v) is 13.3. The number of carbonyl (C=O) groups is 1. The third-order valence-corrected chi connectivity index (χ3v) is 3.80. The second-order valence-electron chi connectivity index (χ2n) is 4.68. The minimum Gasteiger partial charge on any atom is -0.307 e. The number of aryl methyl sites for hydroxylation is 1. The molecule has 0 saturated carbocycles. The van der Waals surface area contributed by atoms with Crippen molar-refractivity contribution in [3.8, 4) is 6.07 Å². The maximum absolute atomic E-state index is 12.8. The Morgan fingerprint density at radius 2 is 1.95 bits per heavy atom. The first-order valence-corrected chi connectivity index (χ1v) is 7.43. The highest BCUT2D eigenvalue weighted by Crippen LogP contribution is 2.23. The minimum absolute atomic E-state index is 0.105. The molecule has 0 heterocycles. The number of hydrogen-bond acceptors (Lipinski definition) is 2. The van der Waals surface area contributed by atoms with Gasteiger partial charge in [-0.25, -0.2) is 0 Å². The van der Waals surface area contributed by atoms with Gasteiger partial charge in [-0.15, -0.1) is 0 Å². The Balaban J connectivity index is 2.39. The number of hydrogen-bond donors (Lipinski definition) is 0. The van der Waals surface area contributed by atoms with Gasteiger partial charge in [0, 0.05) is 16.7 Å². The van der Waals surface area contributed by atoms with Crippen LogP contribution in [0.25, 0.3) is 0 Å². The van der Waals surface area contributed by atoms with Crippen LogP contribution in [-0.4, -0.2) is 12.5 Å². The summed E-state index contributed by atoms with van der Waals surface area (Å²) < 4.78 is 0.760. The van der Waals surface area contributed by atoms with E-state index >= 15 is 0 Å². The highest BCUT2D eigenvalue weighted by molar-refractivity contribution is 9.10. The first-order chi connectivity index (χ1) is 10.1. The van der Waals surface area contributed by atoms with Gasteiger partial charge in [-0.05, 0) is 47.1 Å². The third kappa shape index (κ3) is 3.71. The molecular weight excluding hydrogens is 328 g/mol. The van der Waals surface area contributed by atoms with Crippen LogP contribution in [0.2, 0.25) is 0 Å². The maximum atomic E-state index is 12.8. The highest BCUT2D eigenvalue weighted by atomic mass is 79.9. The van der Waals surface area contributed by atoms with E-state index in [1.807, 2.05) is 55.5 Å². The summed E-state index contributed by atoms with van der Waals surface area (Å²) in [6, 6.07) is 17.2. The number of anilines is 1. The van der Waals surface area contributed by atoms with Gasteiger partial charge in [-0.1, -0.05) is 29.8 Å². The molecular formula is C17H15BrN2O. The second-order valence-corrected chi connectivity index (χ2v) is 5.54. The van der Waals surface area contributed by atoms with Gasteiger partial charge in [0.1, 0.15) is 0 Å². The molecule has 0 saturated heterocycles. The molecule has 0 aliphatic rings. The average Bonchev–Trinajstić information content (AvgIpc) is 2.51. The Bertz CT molecular complexity index is 677. The number of halogens is 1. The topological polar surface area (TPSA) is 44.1 Å². The quantitative estimate of drug-likeness (QED) is 0.830. The van der Waals surface area contributed by atoms with E-state index in [4.69, 9.17) is 5.26 Å². The number of nitrogens with zero attached hydrogens (tertiary/aromatic N) is 2. The lowest BCUT2D eigenvalue weighted by Gasteiger charge is -2.22. The lowest BCUT2D eigenvalue weighted by atomic mass is 10.1. The molecule has 21 heavy (non-hydrogen) atoms. The molecule has 0 fully saturated rings. The molecule has 0 aliphatic carbocycles. The van der Waals surface area contributed by atoms with Gasteiger partial charge in [0.2, 0.25) is 0 Å². The van der Waals surface area contributed by atoms with Crippen LogP contribution in [0.15, 0.2) is 53.0 Å². The van der Waals surface area contributed by atoms with Crippen molar-refractivity contribution in [3.05, 3.63) is 64.1 Å². The Morgan fingerprint density at radius 1 is 1.24 bits per heavy atom. The molecule has 2 aromatic rings. The number of rotatable bonds is 4. The van der Waals surface area contributed by atoms with Gasteiger partial charge in [0.15, 0.2) is 0 Å². The Morgan fingerprint density at radius 3 is 2.62 bits per heavy atom. The van der Waals surface area contributed by atoms with Crippen LogP contribution in [-0.2, 0) is 0 Å². The van der Waals surface area contributed by atoms with Gasteiger partial charge in [-0.3, -0.25) is 4.79 Å². The van der Waals surface area contributed by atoms with Crippen LogP contribution >= 0.6 is 15.9 Å². The van der Waals surface area contributed by atoms with Gasteiger partial charge in [0.25, 0.3) is 5.91 Å². The number of amides is 1. The molecule has 0 atom stereocenters. The predicted molar refractivity (Wildman–Crippen MR) is 87.2 cm³/mol. The molecule has 0 bridgehead atoms. The zero-order chi connectivity index (χ0) is 15.2. The van der Waals surface area contributed by atoms with E-state index < -0.39 is 0 Å². The predicted octanol–water partition coefficient (Wildman–Crippen LogP) is 4.32. The molecule has 0 radical (unpaired) electrons. The molecule has 0 aliphatic heterocycles. The van der Waals surface area contributed by atoms with Crippen LogP contribution < -0.4 is 4.90 Å². The van der Waals surface area contributed by atoms with E-state index in [2.05, 4.69) is 22.0 Å². The smallest absolute Gasteiger partial charge is 0.259 e. The standard InChI is InChI=1S/C17H15BrN2O/c1-13-8-9-16(18)15(12-13)17(21)20(11-5-10-19)14-6-3-2-4-7-14/h2-4,6-9,12H,5,11H2,1H3. The fourth-order valence-electron chi connectivity index (χ4n) is 2.07. The highest BCUT2D eigenvalue weighted by Gasteiger charge is 2.19. The number of benzene rings is 2. The Labute approximate surface area is 132 Å². The molecule has 2 aromatic carbocycles. The number of carbonyl (C=O) groups excluding carboxylic acids is 1. The average molecular weight is 343 g/mol. The minimum atomic E-state index is -0.105. The Kier molecular flexibility index (Phi) is 5.13. The van der Waals surface area contributed by atoms with E-state index in [1.54, 1.807) is 4.90 Å². The van der Waals surface area contributed by atoms with E-state index in [0.29, 0.717) is 18.5 Å². The van der Waals surface area contributed by atoms with E-state index in [-0.39, 0.29) is 5.91 Å². The maximum Gasteiger partial charge on any atom is 0.259 e. The molecule has 3 nitrogen and oxygen atoms in total. The van der Waals surface area contributed by atoms with Crippen molar-refractivity contribution >= 4 is 27.5 Å². The van der Waals surface area contributed by atoms with Crippen molar-refractivity contribution in [3.63, 3.8) is 0 Å². The lowest BCUT2D eigenvalue weighted by Crippen LogP contribution is -2.32. The van der Waals surface area contributed by atoms with Crippen molar-refractivity contribution in [2.45, 2.75) is 13.3 Å². The van der Waals surface area contributed by atoms with Crippen molar-refractivity contribution in [2.24, 2.45) is 0 Å². The molecule has 2 rings (SSSR count). The number of nitriles is 1. The van der Waals surface area contributed by atoms with E-state index in [0.717, 1.165) is 15.7 Å². The summed E-state index contributed by atoms with van der Waals surface area (Å²) >= 11 is 3.43. The molecule has 0 N–H and O–H groups in total. The molecule has 4 heteroatoms. The van der Waals surface area contributed by atoms with Gasteiger partial charge in [-0.2, -0.15) is 5.26 Å². The zero-order valence-electron chi connectivity index (χ0n) is 11.7. The van der Waals surface area contributed by atoms with Crippen LogP contribution in [0.5, 0.6) is 0 Å². The summed E-state index contributed by atoms with van der Waals surface area (Å²) in [5.41, 5.74) is 2.43. The first-order valence-electron chi connectivity index (χ1n) is 6.63. The molecule has 106 valence electrons. The largest absolute Gasteiger partial charge is 0.307 e. The fourth-order valence-corrected chi connectivity index (χ4v) is 2.48.